The van der Waals surface area contributed by atoms with Crippen LogP contribution in [0.4, 0.5) is 0 Å². The lowest BCUT2D eigenvalue weighted by Crippen LogP contribution is -2.31. The van der Waals surface area contributed by atoms with Crippen LogP contribution in [-0.4, -0.2) is 11.6 Å². The summed E-state index contributed by atoms with van der Waals surface area (Å²) in [6, 6.07) is 27.1. The van der Waals surface area contributed by atoms with Crippen LogP contribution < -0.4 is 4.74 Å². The second-order valence-corrected chi connectivity index (χ2v) is 8.65. The largest absolute Gasteiger partial charge is 0.456 e. The van der Waals surface area contributed by atoms with Gasteiger partial charge >= 0.3 is 0 Å². The predicted molar refractivity (Wildman–Crippen MR) is 123 cm³/mol. The summed E-state index contributed by atoms with van der Waals surface area (Å²) in [6.45, 7) is 0. The van der Waals surface area contributed by atoms with E-state index < -0.39 is 17.5 Å². The Balaban J connectivity index is 1.72. The molecule has 0 bridgehead atoms. The fraction of sp³-hybridized carbons (Fsp3) is 0.0370. The van der Waals surface area contributed by atoms with Gasteiger partial charge in [-0.2, -0.15) is 0 Å². The summed E-state index contributed by atoms with van der Waals surface area (Å²) in [5.74, 6) is -0.190. The zero-order chi connectivity index (χ0) is 21.1. The quantitative estimate of drug-likeness (QED) is 0.309. The van der Waals surface area contributed by atoms with Gasteiger partial charge < -0.3 is 4.74 Å². The first-order valence-electron chi connectivity index (χ1n) is 10.0. The molecule has 1 heterocycles. The van der Waals surface area contributed by atoms with Gasteiger partial charge in [0.2, 0.25) is 11.6 Å². The van der Waals surface area contributed by atoms with Crippen LogP contribution in [-0.2, 0) is 4.79 Å². The highest BCUT2D eigenvalue weighted by Crippen LogP contribution is 2.50. The number of Topliss-reactive ketones (excluding diaryl/α,β-unsaturated/α-hetero) is 2. The van der Waals surface area contributed by atoms with Crippen molar-refractivity contribution in [2.75, 3.05) is 0 Å². The molecule has 31 heavy (non-hydrogen) atoms. The fourth-order valence-electron chi connectivity index (χ4n) is 4.65. The molecular weight excluding hydrogens is 452 g/mol. The monoisotopic (exact) mass is 466 g/mol. The van der Waals surface area contributed by atoms with Gasteiger partial charge in [0, 0.05) is 27.1 Å². The van der Waals surface area contributed by atoms with Crippen molar-refractivity contribution in [2.24, 2.45) is 0 Å². The number of fused-ring (bicyclic) bond motifs is 5. The molecule has 0 radical (unpaired) electrons. The van der Waals surface area contributed by atoms with E-state index in [-0.39, 0.29) is 0 Å². The molecule has 4 aromatic rings. The lowest BCUT2D eigenvalue weighted by molar-refractivity contribution is -0.112. The van der Waals surface area contributed by atoms with E-state index in [9.17, 15) is 9.59 Å². The molecule has 2 aliphatic rings. The van der Waals surface area contributed by atoms with Crippen molar-refractivity contribution >= 4 is 44.0 Å². The Morgan fingerprint density at radius 2 is 1.42 bits per heavy atom. The average Bonchev–Trinajstić information content (AvgIpc) is 2.81. The van der Waals surface area contributed by atoms with E-state index in [0.717, 1.165) is 26.4 Å². The van der Waals surface area contributed by atoms with Crippen LogP contribution in [0.25, 0.3) is 16.5 Å². The number of carbonyl (C=O) groups excluding carboxylic acids is 2. The van der Waals surface area contributed by atoms with E-state index in [2.05, 4.69) is 15.9 Å². The van der Waals surface area contributed by atoms with E-state index in [0.29, 0.717) is 28.2 Å². The van der Waals surface area contributed by atoms with Gasteiger partial charge in [-0.3, -0.25) is 9.59 Å². The predicted octanol–water partition coefficient (Wildman–Crippen LogP) is 6.30. The van der Waals surface area contributed by atoms with E-state index in [4.69, 9.17) is 4.74 Å². The number of carbonyl (C=O) groups is 2. The SMILES string of the molecule is O=C1C(=O)c2ccccc2C2=C1C(c1ccc(Br)cc1)c1c(ccc3ccccc13)O2. The third kappa shape index (κ3) is 2.65. The third-order valence-corrected chi connectivity index (χ3v) is 6.56. The van der Waals surface area contributed by atoms with Crippen LogP contribution in [0.15, 0.2) is 95.0 Å². The molecule has 148 valence electrons. The second kappa shape index (κ2) is 6.76. The minimum Gasteiger partial charge on any atom is -0.456 e. The molecule has 1 unspecified atom stereocenters. The number of halogens is 1. The molecular formula is C27H15BrO3. The van der Waals surface area contributed by atoms with Gasteiger partial charge in [-0.25, -0.2) is 0 Å². The van der Waals surface area contributed by atoms with Crippen LogP contribution in [0.3, 0.4) is 0 Å². The maximum Gasteiger partial charge on any atom is 0.234 e. The van der Waals surface area contributed by atoms with Gasteiger partial charge in [-0.15, -0.1) is 0 Å². The van der Waals surface area contributed by atoms with Crippen molar-refractivity contribution < 1.29 is 14.3 Å². The van der Waals surface area contributed by atoms with E-state index >= 15 is 0 Å². The molecule has 6 rings (SSSR count). The fourth-order valence-corrected chi connectivity index (χ4v) is 4.91. The third-order valence-electron chi connectivity index (χ3n) is 6.04. The first-order valence-corrected chi connectivity index (χ1v) is 10.8. The molecule has 0 fully saturated rings. The van der Waals surface area contributed by atoms with Gasteiger partial charge in [-0.1, -0.05) is 82.7 Å². The normalized spacial score (nSPS) is 17.1. The zero-order valence-electron chi connectivity index (χ0n) is 16.3. The number of hydrogen-bond acceptors (Lipinski definition) is 3. The smallest absolute Gasteiger partial charge is 0.234 e. The number of hydrogen-bond donors (Lipinski definition) is 0. The highest BCUT2D eigenvalue weighted by Gasteiger charge is 2.43. The summed E-state index contributed by atoms with van der Waals surface area (Å²) in [5.41, 5.74) is 3.33. The molecule has 3 nitrogen and oxygen atoms in total. The van der Waals surface area contributed by atoms with Crippen molar-refractivity contribution in [1.29, 1.82) is 0 Å². The number of rotatable bonds is 1. The standard InChI is InChI=1S/C27H15BrO3/c28-17-12-9-16(10-13-17)22-23-18-6-2-1-5-15(18)11-14-21(23)31-27-20-8-4-3-7-19(20)25(29)26(30)24(22)27/h1-14,22H. The maximum atomic E-state index is 13.4. The lowest BCUT2D eigenvalue weighted by Gasteiger charge is -2.34. The Bertz CT molecular complexity index is 1450. The van der Waals surface area contributed by atoms with Crippen molar-refractivity contribution in [1.82, 2.24) is 0 Å². The first-order chi connectivity index (χ1) is 15.1. The Morgan fingerprint density at radius 3 is 2.23 bits per heavy atom. The molecule has 0 N–H and O–H groups in total. The summed E-state index contributed by atoms with van der Waals surface area (Å²) in [7, 11) is 0. The number of ketones is 2. The Kier molecular flexibility index (Phi) is 3.99. The van der Waals surface area contributed by atoms with Crippen molar-refractivity contribution in [2.45, 2.75) is 5.92 Å². The Hall–Kier alpha value is -3.50. The maximum absolute atomic E-state index is 13.4. The van der Waals surface area contributed by atoms with Gasteiger partial charge in [0.05, 0.1) is 5.57 Å². The van der Waals surface area contributed by atoms with Gasteiger partial charge in [0.1, 0.15) is 11.5 Å². The van der Waals surface area contributed by atoms with Crippen LogP contribution >= 0.6 is 15.9 Å². The highest BCUT2D eigenvalue weighted by molar-refractivity contribution is 9.10. The van der Waals surface area contributed by atoms with E-state index in [1.807, 2.05) is 72.8 Å². The van der Waals surface area contributed by atoms with Gasteiger partial charge in [-0.05, 0) is 34.5 Å². The molecule has 1 aliphatic carbocycles. The molecule has 4 aromatic carbocycles. The van der Waals surface area contributed by atoms with E-state index in [1.54, 1.807) is 12.1 Å². The summed E-state index contributed by atoms with van der Waals surface area (Å²) in [4.78, 5) is 26.5. The minimum atomic E-state index is -0.500. The topological polar surface area (TPSA) is 43.4 Å². The van der Waals surface area contributed by atoms with E-state index in [1.165, 1.54) is 0 Å². The number of ether oxygens (including phenoxy) is 1. The molecule has 0 spiro atoms. The van der Waals surface area contributed by atoms with Gasteiger partial charge in [0.25, 0.3) is 0 Å². The summed E-state index contributed by atoms with van der Waals surface area (Å²) >= 11 is 3.49. The van der Waals surface area contributed by atoms with Crippen molar-refractivity contribution in [3.8, 4) is 5.75 Å². The molecule has 1 aliphatic heterocycles. The molecule has 0 amide bonds. The zero-order valence-corrected chi connectivity index (χ0v) is 17.8. The second-order valence-electron chi connectivity index (χ2n) is 7.73. The first kappa shape index (κ1) is 18.3. The van der Waals surface area contributed by atoms with Crippen molar-refractivity contribution in [3.63, 3.8) is 0 Å². The van der Waals surface area contributed by atoms with Crippen LogP contribution in [0, 0.1) is 0 Å². The van der Waals surface area contributed by atoms with Crippen LogP contribution in [0.5, 0.6) is 5.75 Å². The van der Waals surface area contributed by atoms with Gasteiger partial charge in [0.15, 0.2) is 0 Å². The Morgan fingerprint density at radius 1 is 0.710 bits per heavy atom. The molecule has 0 aromatic heterocycles. The van der Waals surface area contributed by atoms with Crippen molar-refractivity contribution in [3.05, 3.63) is 117 Å². The summed E-state index contributed by atoms with van der Waals surface area (Å²) in [5, 5.41) is 2.07. The van der Waals surface area contributed by atoms with Crippen LogP contribution in [0.1, 0.15) is 33.0 Å². The molecule has 1 atom stereocenters. The molecule has 4 heteroatoms. The summed E-state index contributed by atoms with van der Waals surface area (Å²) in [6.07, 6.45) is 0. The van der Waals surface area contributed by atoms with Crippen LogP contribution in [0.2, 0.25) is 0 Å². The number of allylic oxidation sites excluding steroid dienone is 1. The average molecular weight is 467 g/mol. The summed E-state index contributed by atoms with van der Waals surface area (Å²) < 4.78 is 7.31. The molecule has 0 saturated carbocycles. The number of benzene rings is 4. The highest BCUT2D eigenvalue weighted by atomic mass is 79.9. The lowest BCUT2D eigenvalue weighted by atomic mass is 9.74. The Labute approximate surface area is 187 Å². The minimum absolute atomic E-state index is 0.394. The molecule has 0 saturated heterocycles.